The van der Waals surface area contributed by atoms with Gasteiger partial charge in [0.15, 0.2) is 25.2 Å². The van der Waals surface area contributed by atoms with Gasteiger partial charge in [0.1, 0.15) is 91.4 Å². The number of hydrogen-bond acceptors (Lipinski definition) is 20. The predicted octanol–water partition coefficient (Wildman–Crippen LogP) is -8.43. The second-order valence-electron chi connectivity index (χ2n) is 12.6. The van der Waals surface area contributed by atoms with Gasteiger partial charge < -0.3 is 100.0 Å². The second kappa shape index (κ2) is 17.4. The zero-order valence-electron chi connectivity index (χ0n) is 27.3. The molecule has 0 aromatic rings. The number of nitrogens with one attached hydrogen (secondary N) is 2. The average Bonchev–Trinajstić information content (AvgIpc) is 3.06. The summed E-state index contributed by atoms with van der Waals surface area (Å²) in [5, 5.41) is 120. The Labute approximate surface area is 285 Å². The van der Waals surface area contributed by atoms with Crippen LogP contribution in [0.1, 0.15) is 20.8 Å². The fourth-order valence-corrected chi connectivity index (χ4v) is 6.29. The molecule has 0 bridgehead atoms. The van der Waals surface area contributed by atoms with E-state index in [-0.39, 0.29) is 0 Å². The number of ether oxygens (including phenoxy) is 7. The molecule has 4 saturated heterocycles. The minimum Gasteiger partial charge on any atom is -0.394 e. The molecule has 22 heteroatoms. The van der Waals surface area contributed by atoms with Gasteiger partial charge in [-0.3, -0.25) is 9.59 Å². The summed E-state index contributed by atoms with van der Waals surface area (Å²) in [6, 6.07) is -2.98. The highest BCUT2D eigenvalue weighted by molar-refractivity contribution is 5.73. The normalized spacial score (nSPS) is 48.5. The molecule has 4 rings (SSSR count). The van der Waals surface area contributed by atoms with Crippen LogP contribution in [0.3, 0.4) is 0 Å². The Morgan fingerprint density at radius 3 is 1.60 bits per heavy atom. The number of hydrogen-bond donors (Lipinski definition) is 13. The fraction of sp³-hybridized carbons (Fsp3) is 0.929. The second-order valence-corrected chi connectivity index (χ2v) is 12.6. The lowest BCUT2D eigenvalue weighted by Crippen LogP contribution is -2.70. The molecule has 0 radical (unpaired) electrons. The van der Waals surface area contributed by atoms with Crippen LogP contribution in [0.15, 0.2) is 0 Å². The monoisotopic (exact) mass is 732 g/mol. The molecule has 4 aliphatic rings. The van der Waals surface area contributed by atoms with E-state index in [1.165, 1.54) is 6.92 Å². The van der Waals surface area contributed by atoms with E-state index in [4.69, 9.17) is 33.2 Å². The highest BCUT2D eigenvalue weighted by atomic mass is 16.8. The fourth-order valence-electron chi connectivity index (χ4n) is 6.29. The minimum atomic E-state index is -1.94. The Kier molecular flexibility index (Phi) is 14.2. The first kappa shape index (κ1) is 41.0. The zero-order valence-corrected chi connectivity index (χ0v) is 27.3. The largest absolute Gasteiger partial charge is 0.394 e. The third-order valence-corrected chi connectivity index (χ3v) is 8.97. The number of amides is 2. The first-order valence-electron chi connectivity index (χ1n) is 15.9. The third-order valence-electron chi connectivity index (χ3n) is 8.97. The lowest BCUT2D eigenvalue weighted by Gasteiger charge is -2.50. The van der Waals surface area contributed by atoms with Crippen LogP contribution in [0.5, 0.6) is 0 Å². The molecule has 1 unspecified atom stereocenters. The molecule has 4 heterocycles. The maximum atomic E-state index is 12.3. The quantitative estimate of drug-likeness (QED) is 0.0938. The van der Waals surface area contributed by atoms with Crippen molar-refractivity contribution < 1.29 is 98.9 Å². The standard InChI is InChI=1S/C28H48N2O20/c1-7-15(36)24(21(42)28(44-7)48-22-12(6-33)45-25(43)13(18(22)39)29-8(2)34)50-26-14(30-9(3)35)23(17(38)11(5-32)46-26)49-27-20(41)19(40)16(37)10(4-31)47-27/h7,10-28,31-33,36-43H,4-6H2,1-3H3,(H,29,34)(H,30,35)/t7-,10+,11+,12+,13+,14-,15-,16+,17+,18+,19-,20-,21+,22+,23+,24+,25?,26+,27-,28+/m0/s1. The van der Waals surface area contributed by atoms with E-state index in [2.05, 4.69) is 10.6 Å². The number of rotatable bonds is 11. The van der Waals surface area contributed by atoms with Crippen molar-refractivity contribution in [3.05, 3.63) is 0 Å². The van der Waals surface area contributed by atoms with Crippen LogP contribution >= 0.6 is 0 Å². The van der Waals surface area contributed by atoms with Gasteiger partial charge in [-0.05, 0) is 6.92 Å². The summed E-state index contributed by atoms with van der Waals surface area (Å²) in [6.07, 6.45) is -30.1. The maximum Gasteiger partial charge on any atom is 0.217 e. The Hall–Kier alpha value is -1.78. The van der Waals surface area contributed by atoms with Crippen molar-refractivity contribution >= 4 is 11.8 Å². The first-order valence-corrected chi connectivity index (χ1v) is 15.9. The van der Waals surface area contributed by atoms with Gasteiger partial charge in [-0.15, -0.1) is 0 Å². The lowest BCUT2D eigenvalue weighted by molar-refractivity contribution is -0.374. The van der Waals surface area contributed by atoms with E-state index >= 15 is 0 Å². The van der Waals surface area contributed by atoms with Crippen molar-refractivity contribution in [1.82, 2.24) is 10.6 Å². The lowest BCUT2D eigenvalue weighted by atomic mass is 9.94. The molecule has 0 spiro atoms. The van der Waals surface area contributed by atoms with Gasteiger partial charge in [-0.2, -0.15) is 0 Å². The summed E-state index contributed by atoms with van der Waals surface area (Å²) in [5.74, 6) is -1.37. The van der Waals surface area contributed by atoms with Crippen LogP contribution in [0, 0.1) is 0 Å². The molecule has 2 amide bonds. The summed E-state index contributed by atoms with van der Waals surface area (Å²) in [6.45, 7) is 1.10. The molecular formula is C28H48N2O20. The topological polar surface area (TPSA) is 345 Å². The van der Waals surface area contributed by atoms with E-state index < -0.39 is 154 Å². The molecule has 50 heavy (non-hydrogen) atoms. The van der Waals surface area contributed by atoms with Crippen molar-refractivity contribution in [3.8, 4) is 0 Å². The molecule has 0 aromatic heterocycles. The van der Waals surface area contributed by atoms with Crippen molar-refractivity contribution in [2.24, 2.45) is 0 Å². The predicted molar refractivity (Wildman–Crippen MR) is 156 cm³/mol. The molecule has 0 aliphatic carbocycles. The van der Waals surface area contributed by atoms with Crippen molar-refractivity contribution in [2.45, 2.75) is 143 Å². The van der Waals surface area contributed by atoms with Crippen molar-refractivity contribution in [3.63, 3.8) is 0 Å². The van der Waals surface area contributed by atoms with Gasteiger partial charge in [0.05, 0.1) is 25.9 Å². The molecule has 4 aliphatic heterocycles. The Morgan fingerprint density at radius 2 is 1.02 bits per heavy atom. The van der Waals surface area contributed by atoms with E-state index in [0.717, 1.165) is 13.8 Å². The number of aliphatic hydroxyl groups is 11. The van der Waals surface area contributed by atoms with Crippen LogP contribution in [0.4, 0.5) is 0 Å². The zero-order chi connectivity index (χ0) is 37.2. The van der Waals surface area contributed by atoms with Gasteiger partial charge in [-0.1, -0.05) is 0 Å². The van der Waals surface area contributed by atoms with E-state index in [0.29, 0.717) is 0 Å². The van der Waals surface area contributed by atoms with Gasteiger partial charge in [0, 0.05) is 13.8 Å². The minimum absolute atomic E-state index is 0.640. The molecule has 20 atom stereocenters. The summed E-state index contributed by atoms with van der Waals surface area (Å²) in [5.41, 5.74) is 0. The van der Waals surface area contributed by atoms with Crippen LogP contribution in [-0.2, 0) is 42.7 Å². The molecule has 13 N–H and O–H groups in total. The van der Waals surface area contributed by atoms with Gasteiger partial charge >= 0.3 is 0 Å². The molecule has 290 valence electrons. The molecule has 4 fully saturated rings. The first-order chi connectivity index (χ1) is 23.5. The van der Waals surface area contributed by atoms with Crippen LogP contribution in [0.25, 0.3) is 0 Å². The molecule has 0 saturated carbocycles. The van der Waals surface area contributed by atoms with Crippen LogP contribution in [-0.4, -0.2) is 211 Å². The smallest absolute Gasteiger partial charge is 0.217 e. The van der Waals surface area contributed by atoms with Crippen LogP contribution in [0.2, 0.25) is 0 Å². The Balaban J connectivity index is 1.59. The molecular weight excluding hydrogens is 684 g/mol. The Bertz CT molecular complexity index is 1120. The summed E-state index contributed by atoms with van der Waals surface area (Å²) < 4.78 is 39.5. The SMILES string of the molecule is CC(=O)N[C@@H]1[C@@H](O[C@@H]2[C@@H](O)[C@H](C)O[C@H](O[C@H]3[C@H](O)[C@@H](NC(C)=O)C(O)O[C@@H]3CO)[C@@H]2O)O[C@H](CO)[C@@H](O)[C@@H]1O[C@@H]1O[C@H](CO)[C@@H](O)[C@H](O)[C@@H]1O. The third kappa shape index (κ3) is 8.70. The number of aliphatic hydroxyl groups excluding tert-OH is 11. The summed E-state index contributed by atoms with van der Waals surface area (Å²) in [7, 11) is 0. The van der Waals surface area contributed by atoms with Gasteiger partial charge in [0.25, 0.3) is 0 Å². The summed E-state index contributed by atoms with van der Waals surface area (Å²) >= 11 is 0. The van der Waals surface area contributed by atoms with E-state index in [9.17, 15) is 65.8 Å². The van der Waals surface area contributed by atoms with Crippen molar-refractivity contribution in [2.75, 3.05) is 19.8 Å². The number of carbonyl (C=O) groups excluding carboxylic acids is 2. The van der Waals surface area contributed by atoms with E-state index in [1.54, 1.807) is 0 Å². The van der Waals surface area contributed by atoms with E-state index in [1.807, 2.05) is 0 Å². The highest BCUT2D eigenvalue weighted by Gasteiger charge is 2.55. The van der Waals surface area contributed by atoms with Crippen molar-refractivity contribution in [1.29, 1.82) is 0 Å². The molecule has 22 nitrogen and oxygen atoms in total. The highest BCUT2D eigenvalue weighted by Crippen LogP contribution is 2.34. The average molecular weight is 733 g/mol. The van der Waals surface area contributed by atoms with Gasteiger partial charge in [-0.25, -0.2) is 0 Å². The molecule has 0 aromatic carbocycles. The van der Waals surface area contributed by atoms with Crippen LogP contribution < -0.4 is 10.6 Å². The number of carbonyl (C=O) groups is 2. The maximum absolute atomic E-state index is 12.3. The van der Waals surface area contributed by atoms with Gasteiger partial charge in [0.2, 0.25) is 11.8 Å². The summed E-state index contributed by atoms with van der Waals surface area (Å²) in [4.78, 5) is 24.0. The Morgan fingerprint density at radius 1 is 0.520 bits per heavy atom.